The molecule has 1 aliphatic carbocycles. The highest BCUT2D eigenvalue weighted by molar-refractivity contribution is 7.93. The first-order valence-corrected chi connectivity index (χ1v) is 10.4. The highest BCUT2D eigenvalue weighted by atomic mass is 35.5. The van der Waals surface area contributed by atoms with Gasteiger partial charge >= 0.3 is 0 Å². The van der Waals surface area contributed by atoms with Crippen molar-refractivity contribution in [3.05, 3.63) is 51.5 Å². The number of rotatable bonds is 2. The molecule has 4 rings (SSSR count). The largest absolute Gasteiger partial charge is 0.476 e. The number of allylic oxidation sites excluding steroid dienone is 1. The first kappa shape index (κ1) is 17.6. The van der Waals surface area contributed by atoms with E-state index >= 15 is 0 Å². The monoisotopic (exact) mass is 394 g/mol. The smallest absolute Gasteiger partial charge is 0.243 e. The SMILES string of the molecule is O=C1C=C(S(=O)(=O)N2CCCCC2)C=C2NCc3ccc(Cl)cc3OC12. The topological polar surface area (TPSA) is 75.7 Å². The van der Waals surface area contributed by atoms with Crippen LogP contribution < -0.4 is 10.1 Å². The fourth-order valence-corrected chi connectivity index (χ4v) is 5.16. The van der Waals surface area contributed by atoms with Crippen LogP contribution in [0.1, 0.15) is 24.8 Å². The van der Waals surface area contributed by atoms with E-state index in [1.807, 2.05) is 6.07 Å². The lowest BCUT2D eigenvalue weighted by molar-refractivity contribution is -0.119. The molecule has 8 heteroatoms. The minimum Gasteiger partial charge on any atom is -0.476 e. The second-order valence-electron chi connectivity index (χ2n) is 6.62. The molecule has 1 atom stereocenters. The summed E-state index contributed by atoms with van der Waals surface area (Å²) < 4.78 is 33.1. The molecule has 0 bridgehead atoms. The number of benzene rings is 1. The van der Waals surface area contributed by atoms with E-state index in [4.69, 9.17) is 16.3 Å². The number of nitrogens with zero attached hydrogens (tertiary/aromatic N) is 1. The van der Waals surface area contributed by atoms with Crippen molar-refractivity contribution in [3.8, 4) is 5.75 Å². The Balaban J connectivity index is 1.65. The number of ether oxygens (including phenoxy) is 1. The third-order valence-corrected chi connectivity index (χ3v) is 6.94. The molecule has 1 saturated heterocycles. The number of nitrogens with one attached hydrogen (secondary N) is 1. The summed E-state index contributed by atoms with van der Waals surface area (Å²) in [5, 5.41) is 3.66. The second kappa shape index (κ2) is 6.72. The Morgan fingerprint density at radius 3 is 2.69 bits per heavy atom. The van der Waals surface area contributed by atoms with Crippen LogP contribution >= 0.6 is 11.6 Å². The van der Waals surface area contributed by atoms with Gasteiger partial charge in [0.15, 0.2) is 6.10 Å². The zero-order valence-electron chi connectivity index (χ0n) is 14.1. The summed E-state index contributed by atoms with van der Waals surface area (Å²) in [6.45, 7) is 1.42. The van der Waals surface area contributed by atoms with Gasteiger partial charge in [0.25, 0.3) is 0 Å². The van der Waals surface area contributed by atoms with Gasteiger partial charge in [0.05, 0.1) is 10.6 Å². The van der Waals surface area contributed by atoms with Crippen LogP contribution in [0.2, 0.25) is 5.02 Å². The Bertz CT molecular complexity index is 917. The molecule has 3 aliphatic rings. The van der Waals surface area contributed by atoms with Gasteiger partial charge in [-0.3, -0.25) is 4.79 Å². The Hall–Kier alpha value is -1.83. The third kappa shape index (κ3) is 3.15. The van der Waals surface area contributed by atoms with Crippen LogP contribution in [0.3, 0.4) is 0 Å². The number of carbonyl (C=O) groups is 1. The average molecular weight is 395 g/mol. The first-order valence-electron chi connectivity index (χ1n) is 8.61. The van der Waals surface area contributed by atoms with Crippen molar-refractivity contribution in [2.45, 2.75) is 31.9 Å². The van der Waals surface area contributed by atoms with Crippen LogP contribution in [0, 0.1) is 0 Å². The van der Waals surface area contributed by atoms with Gasteiger partial charge in [-0.25, -0.2) is 8.42 Å². The van der Waals surface area contributed by atoms with Crippen molar-refractivity contribution in [2.75, 3.05) is 13.1 Å². The molecule has 0 amide bonds. The number of hydrogen-bond acceptors (Lipinski definition) is 5. The van der Waals surface area contributed by atoms with Crippen LogP contribution in [-0.4, -0.2) is 37.7 Å². The predicted octanol–water partition coefficient (Wildman–Crippen LogP) is 2.36. The van der Waals surface area contributed by atoms with E-state index in [0.717, 1.165) is 24.8 Å². The number of carbonyl (C=O) groups excluding carboxylic acids is 1. The molecular weight excluding hydrogens is 376 g/mol. The van der Waals surface area contributed by atoms with Gasteiger partial charge in [-0.05, 0) is 31.1 Å². The van der Waals surface area contributed by atoms with Gasteiger partial charge in [-0.15, -0.1) is 0 Å². The highest BCUT2D eigenvalue weighted by Crippen LogP contribution is 2.32. The van der Waals surface area contributed by atoms with Crippen molar-refractivity contribution in [1.29, 1.82) is 0 Å². The molecule has 1 aromatic carbocycles. The lowest BCUT2D eigenvalue weighted by atomic mass is 10.1. The molecule has 1 N–H and O–H groups in total. The van der Waals surface area contributed by atoms with E-state index in [1.54, 1.807) is 12.1 Å². The molecule has 1 unspecified atom stereocenters. The zero-order valence-corrected chi connectivity index (χ0v) is 15.6. The highest BCUT2D eigenvalue weighted by Gasteiger charge is 2.36. The Kier molecular flexibility index (Phi) is 4.54. The van der Waals surface area contributed by atoms with E-state index in [2.05, 4.69) is 5.32 Å². The van der Waals surface area contributed by atoms with Gasteiger partial charge < -0.3 is 10.1 Å². The minimum absolute atomic E-state index is 0.0238. The van der Waals surface area contributed by atoms with E-state index in [9.17, 15) is 13.2 Å². The molecule has 1 fully saturated rings. The summed E-state index contributed by atoms with van der Waals surface area (Å²) in [7, 11) is -3.67. The van der Waals surface area contributed by atoms with Gasteiger partial charge in [0.1, 0.15) is 5.75 Å². The summed E-state index contributed by atoms with van der Waals surface area (Å²) in [6.07, 6.45) is 4.53. The minimum atomic E-state index is -3.67. The normalized spacial score (nSPS) is 23.6. The molecule has 0 saturated carbocycles. The average Bonchev–Trinajstić information content (AvgIpc) is 2.82. The lowest BCUT2D eigenvalue weighted by Gasteiger charge is -2.28. The van der Waals surface area contributed by atoms with Crippen LogP contribution in [-0.2, 0) is 21.4 Å². The number of sulfonamides is 1. The molecule has 2 heterocycles. The first-order chi connectivity index (χ1) is 12.4. The van der Waals surface area contributed by atoms with E-state index < -0.39 is 21.9 Å². The van der Waals surface area contributed by atoms with Crippen LogP contribution in [0.4, 0.5) is 0 Å². The summed E-state index contributed by atoms with van der Waals surface area (Å²) >= 11 is 6.01. The molecule has 2 aliphatic heterocycles. The van der Waals surface area contributed by atoms with Crippen LogP contribution in [0.15, 0.2) is 41.0 Å². The molecule has 138 valence electrons. The number of hydrogen-bond donors (Lipinski definition) is 1. The standard InChI is InChI=1S/C18H19ClN2O4S/c19-13-5-4-12-11-20-15-9-14(10-16(22)18(15)25-17(12)8-13)26(23,24)21-6-2-1-3-7-21/h4-5,8-10,18,20H,1-3,6-7,11H2. The summed E-state index contributed by atoms with van der Waals surface area (Å²) in [4.78, 5) is 12.6. The fraction of sp³-hybridized carbons (Fsp3) is 0.389. The number of fused-ring (bicyclic) bond motifs is 2. The second-order valence-corrected chi connectivity index (χ2v) is 8.99. The number of ketones is 1. The summed E-state index contributed by atoms with van der Waals surface area (Å²) in [5.41, 5.74) is 1.32. The number of piperidine rings is 1. The Morgan fingerprint density at radius 1 is 1.15 bits per heavy atom. The van der Waals surface area contributed by atoms with Gasteiger partial charge in [0.2, 0.25) is 15.8 Å². The maximum Gasteiger partial charge on any atom is 0.243 e. The third-order valence-electron chi connectivity index (χ3n) is 4.83. The van der Waals surface area contributed by atoms with Crippen molar-refractivity contribution in [1.82, 2.24) is 9.62 Å². The summed E-state index contributed by atoms with van der Waals surface area (Å²) in [5.74, 6) is 0.140. The van der Waals surface area contributed by atoms with E-state index in [0.29, 0.717) is 36.1 Å². The molecule has 1 aromatic rings. The fourth-order valence-electron chi connectivity index (χ4n) is 3.42. The van der Waals surface area contributed by atoms with Crippen molar-refractivity contribution in [2.24, 2.45) is 0 Å². The van der Waals surface area contributed by atoms with E-state index in [-0.39, 0.29) is 4.91 Å². The molecule has 0 aromatic heterocycles. The molecule has 0 radical (unpaired) electrons. The lowest BCUT2D eigenvalue weighted by Crippen LogP contribution is -2.40. The maximum absolute atomic E-state index is 12.9. The molecule has 26 heavy (non-hydrogen) atoms. The molecular formula is C18H19ClN2O4S. The number of halogens is 1. The van der Waals surface area contributed by atoms with Gasteiger partial charge in [-0.1, -0.05) is 24.1 Å². The van der Waals surface area contributed by atoms with Crippen molar-refractivity contribution < 1.29 is 17.9 Å². The van der Waals surface area contributed by atoms with Gasteiger partial charge in [-0.2, -0.15) is 4.31 Å². The Labute approximate surface area is 157 Å². The van der Waals surface area contributed by atoms with Crippen molar-refractivity contribution >= 4 is 27.4 Å². The molecule has 0 spiro atoms. The summed E-state index contributed by atoms with van der Waals surface area (Å²) in [6, 6.07) is 5.24. The quantitative estimate of drug-likeness (QED) is 0.833. The van der Waals surface area contributed by atoms with E-state index in [1.165, 1.54) is 16.5 Å². The molecule has 6 nitrogen and oxygen atoms in total. The van der Waals surface area contributed by atoms with Crippen LogP contribution in [0.25, 0.3) is 0 Å². The van der Waals surface area contributed by atoms with Gasteiger partial charge in [0, 0.05) is 36.3 Å². The van der Waals surface area contributed by atoms with Crippen LogP contribution in [0.5, 0.6) is 5.75 Å². The van der Waals surface area contributed by atoms with Crippen molar-refractivity contribution in [3.63, 3.8) is 0 Å². The Morgan fingerprint density at radius 2 is 1.92 bits per heavy atom. The maximum atomic E-state index is 12.9. The zero-order chi connectivity index (χ0) is 18.3. The predicted molar refractivity (Wildman–Crippen MR) is 98.2 cm³/mol.